The highest BCUT2D eigenvalue weighted by atomic mass is 16.2. The van der Waals surface area contributed by atoms with Gasteiger partial charge in [0, 0.05) is 5.54 Å². The first-order chi connectivity index (χ1) is 6.37. The molecule has 0 unspecified atom stereocenters. The van der Waals surface area contributed by atoms with E-state index in [1.165, 1.54) is 11.0 Å². The molecule has 0 aliphatic heterocycles. The van der Waals surface area contributed by atoms with Gasteiger partial charge in [-0.15, -0.1) is 5.10 Å². The molecule has 1 aromatic rings. The highest BCUT2D eigenvalue weighted by Gasteiger charge is 2.14. The van der Waals surface area contributed by atoms with E-state index >= 15 is 0 Å². The standard InChI is InChI=1S/C8H15N5O/c1-8(2,3)11-6(14)4-13-5-10-7(9)12-13/h5H,4H2,1-3H3,(H2,9,12)(H,11,14). The SMILES string of the molecule is CC(C)(C)NC(=O)Cn1cnc(N)n1. The summed E-state index contributed by atoms with van der Waals surface area (Å²) in [6, 6.07) is 0. The molecule has 0 bridgehead atoms. The molecule has 3 N–H and O–H groups in total. The molecule has 6 nitrogen and oxygen atoms in total. The van der Waals surface area contributed by atoms with Gasteiger partial charge in [-0.05, 0) is 20.8 Å². The van der Waals surface area contributed by atoms with Crippen LogP contribution >= 0.6 is 0 Å². The molecular formula is C8H15N5O. The Hall–Kier alpha value is -1.59. The number of nitrogens with one attached hydrogen (secondary N) is 1. The maximum Gasteiger partial charge on any atom is 0.242 e. The largest absolute Gasteiger partial charge is 0.367 e. The monoisotopic (exact) mass is 197 g/mol. The van der Waals surface area contributed by atoms with Crippen LogP contribution in [0.1, 0.15) is 20.8 Å². The number of nitrogens with zero attached hydrogens (tertiary/aromatic N) is 3. The van der Waals surface area contributed by atoms with Gasteiger partial charge in [-0.1, -0.05) is 0 Å². The van der Waals surface area contributed by atoms with Gasteiger partial charge in [0.25, 0.3) is 0 Å². The Bertz CT molecular complexity index is 325. The molecule has 0 saturated carbocycles. The van der Waals surface area contributed by atoms with Gasteiger partial charge in [0.15, 0.2) is 0 Å². The van der Waals surface area contributed by atoms with Crippen molar-refractivity contribution in [3.05, 3.63) is 6.33 Å². The van der Waals surface area contributed by atoms with Gasteiger partial charge in [0.1, 0.15) is 12.9 Å². The molecule has 1 heterocycles. The van der Waals surface area contributed by atoms with Crippen molar-refractivity contribution in [2.45, 2.75) is 32.9 Å². The summed E-state index contributed by atoms with van der Waals surface area (Å²) in [5, 5.41) is 6.61. The van der Waals surface area contributed by atoms with Crippen LogP contribution in [0, 0.1) is 0 Å². The van der Waals surface area contributed by atoms with E-state index in [-0.39, 0.29) is 23.9 Å². The average molecular weight is 197 g/mol. The summed E-state index contributed by atoms with van der Waals surface area (Å²) in [7, 11) is 0. The molecule has 0 atom stereocenters. The number of aromatic nitrogens is 3. The maximum atomic E-state index is 11.4. The Morgan fingerprint density at radius 1 is 1.64 bits per heavy atom. The van der Waals surface area contributed by atoms with Gasteiger partial charge < -0.3 is 11.1 Å². The second-order valence-electron chi connectivity index (χ2n) is 4.10. The third kappa shape index (κ3) is 3.42. The van der Waals surface area contributed by atoms with Crippen molar-refractivity contribution in [3.63, 3.8) is 0 Å². The lowest BCUT2D eigenvalue weighted by molar-refractivity contribution is -0.123. The highest BCUT2D eigenvalue weighted by Crippen LogP contribution is 1.98. The van der Waals surface area contributed by atoms with Crippen LogP contribution in [0.3, 0.4) is 0 Å². The molecule has 14 heavy (non-hydrogen) atoms. The van der Waals surface area contributed by atoms with E-state index in [0.29, 0.717) is 0 Å². The van der Waals surface area contributed by atoms with Crippen molar-refractivity contribution in [1.29, 1.82) is 0 Å². The fourth-order valence-electron chi connectivity index (χ4n) is 0.990. The van der Waals surface area contributed by atoms with E-state index in [1.54, 1.807) is 0 Å². The van der Waals surface area contributed by atoms with E-state index in [4.69, 9.17) is 5.73 Å². The van der Waals surface area contributed by atoms with Crippen molar-refractivity contribution < 1.29 is 4.79 Å². The van der Waals surface area contributed by atoms with Crippen molar-refractivity contribution >= 4 is 11.9 Å². The lowest BCUT2D eigenvalue weighted by Gasteiger charge is -2.20. The van der Waals surface area contributed by atoms with Gasteiger partial charge in [-0.3, -0.25) is 4.79 Å². The lowest BCUT2D eigenvalue weighted by atomic mass is 10.1. The third-order valence-electron chi connectivity index (χ3n) is 1.37. The molecule has 0 spiro atoms. The number of nitrogens with two attached hydrogens (primary N) is 1. The van der Waals surface area contributed by atoms with E-state index in [1.807, 2.05) is 20.8 Å². The summed E-state index contributed by atoms with van der Waals surface area (Å²) < 4.78 is 1.40. The molecule has 0 saturated heterocycles. The summed E-state index contributed by atoms with van der Waals surface area (Å²) in [6.07, 6.45) is 1.43. The minimum absolute atomic E-state index is 0.109. The molecule has 1 aromatic heterocycles. The van der Waals surface area contributed by atoms with Crippen LogP contribution in [0.4, 0.5) is 5.95 Å². The molecule has 0 radical (unpaired) electrons. The van der Waals surface area contributed by atoms with Crippen LogP contribution in [0.5, 0.6) is 0 Å². The Kier molecular flexibility index (Phi) is 2.73. The number of anilines is 1. The summed E-state index contributed by atoms with van der Waals surface area (Å²) in [5.74, 6) is 0.0657. The number of amides is 1. The first kappa shape index (κ1) is 10.5. The Morgan fingerprint density at radius 3 is 2.71 bits per heavy atom. The highest BCUT2D eigenvalue weighted by molar-refractivity contribution is 5.76. The maximum absolute atomic E-state index is 11.4. The van der Waals surface area contributed by atoms with Crippen molar-refractivity contribution in [2.75, 3.05) is 5.73 Å². The molecule has 0 aliphatic carbocycles. The van der Waals surface area contributed by atoms with Crippen LogP contribution < -0.4 is 11.1 Å². The average Bonchev–Trinajstić information content (AvgIpc) is 2.30. The van der Waals surface area contributed by atoms with Gasteiger partial charge in [-0.2, -0.15) is 0 Å². The van der Waals surface area contributed by atoms with E-state index in [9.17, 15) is 4.79 Å². The fourth-order valence-corrected chi connectivity index (χ4v) is 0.990. The van der Waals surface area contributed by atoms with Crippen LogP contribution in [-0.2, 0) is 11.3 Å². The second kappa shape index (κ2) is 3.65. The zero-order chi connectivity index (χ0) is 10.8. The smallest absolute Gasteiger partial charge is 0.242 e. The van der Waals surface area contributed by atoms with E-state index in [0.717, 1.165) is 0 Å². The minimum atomic E-state index is -0.233. The van der Waals surface area contributed by atoms with Gasteiger partial charge in [0.2, 0.25) is 11.9 Å². The van der Waals surface area contributed by atoms with Crippen molar-refractivity contribution in [1.82, 2.24) is 20.1 Å². The van der Waals surface area contributed by atoms with Crippen LogP contribution in [0.25, 0.3) is 0 Å². The Balaban J connectivity index is 2.50. The van der Waals surface area contributed by atoms with Crippen LogP contribution in [0.15, 0.2) is 6.33 Å². The quantitative estimate of drug-likeness (QED) is 0.686. The van der Waals surface area contributed by atoms with Gasteiger partial charge in [-0.25, -0.2) is 9.67 Å². The minimum Gasteiger partial charge on any atom is -0.367 e. The predicted octanol–water partition coefficient (Wildman–Crippen LogP) is -0.225. The van der Waals surface area contributed by atoms with Crippen molar-refractivity contribution in [2.24, 2.45) is 0 Å². The second-order valence-corrected chi connectivity index (χ2v) is 4.10. The number of hydrogen-bond donors (Lipinski definition) is 2. The van der Waals surface area contributed by atoms with Gasteiger partial charge >= 0.3 is 0 Å². The predicted molar refractivity (Wildman–Crippen MR) is 52.3 cm³/mol. The van der Waals surface area contributed by atoms with Gasteiger partial charge in [0.05, 0.1) is 0 Å². The molecule has 0 fully saturated rings. The molecule has 6 heteroatoms. The Labute approximate surface area is 82.5 Å². The normalized spacial score (nSPS) is 11.4. The van der Waals surface area contributed by atoms with Crippen molar-refractivity contribution in [3.8, 4) is 0 Å². The number of nitrogen functional groups attached to an aromatic ring is 1. The third-order valence-corrected chi connectivity index (χ3v) is 1.37. The Morgan fingerprint density at radius 2 is 2.29 bits per heavy atom. The molecule has 0 aliphatic rings. The molecule has 78 valence electrons. The van der Waals surface area contributed by atoms with Crippen LogP contribution in [-0.4, -0.2) is 26.2 Å². The van der Waals surface area contributed by atoms with Crippen LogP contribution in [0.2, 0.25) is 0 Å². The molecule has 0 aromatic carbocycles. The van der Waals surface area contributed by atoms with E-state index in [2.05, 4.69) is 15.4 Å². The zero-order valence-corrected chi connectivity index (χ0v) is 8.61. The molecule has 1 rings (SSSR count). The first-order valence-corrected chi connectivity index (χ1v) is 4.33. The number of carbonyl (C=O) groups is 1. The first-order valence-electron chi connectivity index (χ1n) is 4.33. The number of carbonyl (C=O) groups excluding carboxylic acids is 1. The molecular weight excluding hydrogens is 182 g/mol. The summed E-state index contributed by atoms with van der Waals surface area (Å²) in [5.41, 5.74) is 5.07. The lowest BCUT2D eigenvalue weighted by Crippen LogP contribution is -2.42. The topological polar surface area (TPSA) is 85.8 Å². The number of hydrogen-bond acceptors (Lipinski definition) is 4. The fraction of sp³-hybridized carbons (Fsp3) is 0.625. The summed E-state index contributed by atoms with van der Waals surface area (Å²) in [4.78, 5) is 15.1. The number of rotatable bonds is 2. The zero-order valence-electron chi connectivity index (χ0n) is 8.61. The summed E-state index contributed by atoms with van der Waals surface area (Å²) >= 11 is 0. The van der Waals surface area contributed by atoms with E-state index < -0.39 is 0 Å². The molecule has 1 amide bonds. The summed E-state index contributed by atoms with van der Waals surface area (Å²) in [6.45, 7) is 5.89.